The molecule has 9 aromatic carbocycles. The number of aromatic hydroxyl groups is 4. The van der Waals surface area contributed by atoms with Crippen LogP contribution in [0.4, 0.5) is 68.2 Å². The second-order valence-corrected chi connectivity index (χ2v) is 18.1. The normalized spacial score (nSPS) is 9.35. The average Bonchev–Trinajstić information content (AvgIpc) is 0.841. The van der Waals surface area contributed by atoms with Gasteiger partial charge in [-0.25, -0.2) is 0 Å². The standard InChI is InChI=1S/C8H10.2C7H8.4C6H3N3O7.2C6H6/c1-7-5-3-4-6-8(7)2;2*1-7-5-3-2-4-6-7;4*10-6-4(8(13)14)1-3(7(11)12)2-5(6)9(15)16;2*1-2-4-6-5-3-1/h3-6H,1-2H3;2*2-6H,1H3;4*1-2,10H;2*1-6H. The first kappa shape index (κ1) is 81.0. The van der Waals surface area contributed by atoms with Crippen LogP contribution in [0.5, 0.6) is 23.0 Å². The zero-order valence-corrected chi connectivity index (χ0v) is 50.6. The van der Waals surface area contributed by atoms with Crippen molar-refractivity contribution < 1.29 is 79.5 Å². The van der Waals surface area contributed by atoms with E-state index in [-0.39, 0.29) is 0 Å². The molecule has 0 saturated heterocycles. The van der Waals surface area contributed by atoms with E-state index in [0.717, 1.165) is 0 Å². The second kappa shape index (κ2) is 40.7. The van der Waals surface area contributed by atoms with E-state index in [1.165, 1.54) is 22.3 Å². The van der Waals surface area contributed by atoms with Crippen LogP contribution in [0.2, 0.25) is 0 Å². The molecule has 0 aromatic heterocycles. The fourth-order valence-corrected chi connectivity index (χ4v) is 6.40. The fraction of sp³-hybridized carbons (Fsp3) is 0.0690. The van der Waals surface area contributed by atoms with Crippen molar-refractivity contribution in [3.05, 3.63) is 350 Å². The van der Waals surface area contributed by atoms with Gasteiger partial charge in [0, 0.05) is 0 Å². The van der Waals surface area contributed by atoms with Gasteiger partial charge in [0.05, 0.1) is 108 Å². The van der Waals surface area contributed by atoms with Gasteiger partial charge in [-0.15, -0.1) is 0 Å². The summed E-state index contributed by atoms with van der Waals surface area (Å²) in [5, 5.41) is 161. The van der Waals surface area contributed by atoms with E-state index < -0.39 is 150 Å². The maximum absolute atomic E-state index is 10.4. The van der Waals surface area contributed by atoms with Gasteiger partial charge in [0.15, 0.2) is 0 Å². The zero-order valence-electron chi connectivity index (χ0n) is 50.6. The number of hydrogen-bond acceptors (Lipinski definition) is 28. The number of non-ortho nitro benzene ring substituents is 4. The molecule has 0 saturated carbocycles. The second-order valence-electron chi connectivity index (χ2n) is 18.1. The predicted molar refractivity (Wildman–Crippen MR) is 343 cm³/mol. The molecule has 0 aliphatic rings. The van der Waals surface area contributed by atoms with Gasteiger partial charge in [0.1, 0.15) is 0 Å². The summed E-state index contributed by atoms with van der Waals surface area (Å²) in [6, 6.07) is 56.5. The van der Waals surface area contributed by atoms with Crippen LogP contribution in [0.1, 0.15) is 22.3 Å². The lowest BCUT2D eigenvalue weighted by Gasteiger charge is -1.97. The summed E-state index contributed by atoms with van der Waals surface area (Å²) in [6.07, 6.45) is 0. The van der Waals surface area contributed by atoms with Crippen molar-refractivity contribution in [2.24, 2.45) is 0 Å². The van der Waals surface area contributed by atoms with Crippen LogP contribution in [0.15, 0.2) is 206 Å². The fourth-order valence-electron chi connectivity index (χ4n) is 6.40. The first-order valence-electron chi connectivity index (χ1n) is 26.2. The van der Waals surface area contributed by atoms with Crippen LogP contribution in [-0.4, -0.2) is 79.5 Å². The number of nitrogens with zero attached hydrogens (tertiary/aromatic N) is 12. The maximum Gasteiger partial charge on any atom is 0.324 e. The molecule has 0 unspecified atom stereocenters. The third kappa shape index (κ3) is 28.0. The van der Waals surface area contributed by atoms with Crippen LogP contribution in [0, 0.1) is 149 Å². The number of hydrogen-bond donors (Lipinski definition) is 4. The molecule has 0 spiro atoms. The van der Waals surface area contributed by atoms with Crippen LogP contribution in [0.3, 0.4) is 0 Å². The lowest BCUT2D eigenvalue weighted by atomic mass is 10.1. The van der Waals surface area contributed by atoms with Gasteiger partial charge in [-0.1, -0.05) is 169 Å². The van der Waals surface area contributed by atoms with Crippen molar-refractivity contribution >= 4 is 68.2 Å². The summed E-state index contributed by atoms with van der Waals surface area (Å²) in [6.45, 7) is 8.41. The monoisotopic (exact) mass is 1360 g/mol. The van der Waals surface area contributed by atoms with Crippen molar-refractivity contribution in [3.63, 3.8) is 0 Å². The Labute approximate surface area is 546 Å². The minimum Gasteiger partial charge on any atom is -0.497 e. The molecular weight excluding hydrogens is 1310 g/mol. The summed E-state index contributed by atoms with van der Waals surface area (Å²) in [5.41, 5.74) is -6.63. The summed E-state index contributed by atoms with van der Waals surface area (Å²) < 4.78 is 0. The molecule has 4 N–H and O–H groups in total. The van der Waals surface area contributed by atoms with Crippen LogP contribution in [-0.2, 0) is 0 Å². The summed E-state index contributed by atoms with van der Waals surface area (Å²) >= 11 is 0. The Hall–Kier alpha value is -15.0. The molecule has 0 amide bonds. The van der Waals surface area contributed by atoms with Crippen molar-refractivity contribution in [2.75, 3.05) is 0 Å². The average molecular weight is 1360 g/mol. The largest absolute Gasteiger partial charge is 0.497 e. The van der Waals surface area contributed by atoms with Gasteiger partial charge >= 0.3 is 45.5 Å². The Morgan fingerprint density at radius 2 is 0.327 bits per heavy atom. The summed E-state index contributed by atoms with van der Waals surface area (Å²) in [7, 11) is 0. The molecule has 40 nitrogen and oxygen atoms in total. The van der Waals surface area contributed by atoms with E-state index in [0.29, 0.717) is 48.5 Å². The molecule has 0 fully saturated rings. The number of phenolic OH excluding ortho intramolecular Hbond substituents is 4. The van der Waals surface area contributed by atoms with Crippen molar-refractivity contribution in [1.82, 2.24) is 0 Å². The van der Waals surface area contributed by atoms with E-state index >= 15 is 0 Å². The number of benzene rings is 9. The number of phenols is 4. The van der Waals surface area contributed by atoms with Gasteiger partial charge in [-0.2, -0.15) is 0 Å². The molecule has 0 atom stereocenters. The van der Waals surface area contributed by atoms with Crippen molar-refractivity contribution in [3.8, 4) is 23.0 Å². The van der Waals surface area contributed by atoms with Gasteiger partial charge < -0.3 is 20.4 Å². The quantitative estimate of drug-likeness (QED) is 0.0652. The molecule has 0 aliphatic carbocycles. The van der Waals surface area contributed by atoms with E-state index in [1.807, 2.05) is 109 Å². The Kier molecular flexibility index (Phi) is 33.6. The summed E-state index contributed by atoms with van der Waals surface area (Å²) in [4.78, 5) is 111. The highest BCUT2D eigenvalue weighted by Gasteiger charge is 2.33. The van der Waals surface area contributed by atoms with E-state index in [9.17, 15) is 121 Å². The number of nitro benzene ring substituents is 12. The maximum atomic E-state index is 10.4. The highest BCUT2D eigenvalue weighted by Crippen LogP contribution is 2.42. The molecule has 40 heteroatoms. The van der Waals surface area contributed by atoms with Gasteiger partial charge in [0.25, 0.3) is 45.7 Å². The first-order chi connectivity index (χ1) is 46.0. The molecule has 0 heterocycles. The van der Waals surface area contributed by atoms with Gasteiger partial charge in [0.2, 0.25) is 0 Å². The molecule has 9 aromatic rings. The van der Waals surface area contributed by atoms with Gasteiger partial charge in [-0.05, 0) is 38.8 Å². The lowest BCUT2D eigenvalue weighted by molar-refractivity contribution is -0.404. The molecular formula is C58H50N12O28. The Morgan fingerprint density at radius 1 is 0.204 bits per heavy atom. The van der Waals surface area contributed by atoms with E-state index in [1.54, 1.807) is 0 Å². The SMILES string of the molecule is Cc1ccccc1.Cc1ccccc1.Cc1ccccc1C.O=[N+]([O-])c1cc([N+](=O)[O-])c(O)c([N+](=O)[O-])c1.O=[N+]([O-])c1cc([N+](=O)[O-])c(O)c([N+](=O)[O-])c1.O=[N+]([O-])c1cc([N+](=O)[O-])c(O)c([N+](=O)[O-])c1.O=[N+]([O-])c1cc([N+](=O)[O-])c(O)c([N+](=O)[O-])c1.c1ccccc1.c1ccccc1. The smallest absolute Gasteiger partial charge is 0.324 e. The minimum atomic E-state index is -1.21. The Bertz CT molecular complexity index is 3660. The summed E-state index contributed by atoms with van der Waals surface area (Å²) in [5.74, 6) is -4.83. The van der Waals surface area contributed by atoms with Gasteiger partial charge in [-0.3, -0.25) is 121 Å². The highest BCUT2D eigenvalue weighted by molar-refractivity contribution is 5.67. The molecule has 0 radical (unpaired) electrons. The lowest BCUT2D eigenvalue weighted by Crippen LogP contribution is -1.97. The van der Waals surface area contributed by atoms with Crippen LogP contribution >= 0.6 is 0 Å². The number of aryl methyl sites for hydroxylation is 4. The van der Waals surface area contributed by atoms with Crippen LogP contribution < -0.4 is 0 Å². The molecule has 98 heavy (non-hydrogen) atoms. The van der Waals surface area contributed by atoms with Crippen LogP contribution in [0.25, 0.3) is 0 Å². The topological polar surface area (TPSA) is 599 Å². The third-order valence-corrected chi connectivity index (χ3v) is 11.3. The Morgan fingerprint density at radius 3 is 0.418 bits per heavy atom. The number of rotatable bonds is 12. The molecule has 0 aliphatic heterocycles. The highest BCUT2D eigenvalue weighted by atomic mass is 16.7. The van der Waals surface area contributed by atoms with E-state index in [2.05, 4.69) is 76.2 Å². The molecule has 9 rings (SSSR count). The zero-order chi connectivity index (χ0) is 74.5. The number of nitro groups is 12. The first-order valence-corrected chi connectivity index (χ1v) is 26.2. The minimum absolute atomic E-state index is 0.447. The Balaban J connectivity index is 0.000000565. The van der Waals surface area contributed by atoms with E-state index in [4.69, 9.17) is 20.4 Å². The van der Waals surface area contributed by atoms with Crippen molar-refractivity contribution in [1.29, 1.82) is 0 Å². The predicted octanol–water partition coefficient (Wildman–Crippen LogP) is 14.1. The molecule has 0 bridgehead atoms. The third-order valence-electron chi connectivity index (χ3n) is 11.3. The van der Waals surface area contributed by atoms with Crippen molar-refractivity contribution in [2.45, 2.75) is 27.7 Å². The molecule has 510 valence electrons.